The third-order valence-corrected chi connectivity index (χ3v) is 5.66. The van der Waals surface area contributed by atoms with E-state index in [9.17, 15) is 8.42 Å². The maximum absolute atomic E-state index is 12.4. The molecule has 3 rings (SSSR count). The van der Waals surface area contributed by atoms with Gasteiger partial charge in [-0.3, -0.25) is 4.72 Å². The molecule has 1 N–H and O–H groups in total. The molecule has 0 saturated carbocycles. The lowest BCUT2D eigenvalue weighted by Gasteiger charge is -2.10. The van der Waals surface area contributed by atoms with Gasteiger partial charge in [-0.25, -0.2) is 8.42 Å². The van der Waals surface area contributed by atoms with Gasteiger partial charge >= 0.3 is 0 Å². The van der Waals surface area contributed by atoms with Gasteiger partial charge in [-0.05, 0) is 46.3 Å². The fourth-order valence-electron chi connectivity index (χ4n) is 1.86. The van der Waals surface area contributed by atoms with Crippen molar-refractivity contribution in [2.45, 2.75) is 4.90 Å². The van der Waals surface area contributed by atoms with E-state index in [1.165, 1.54) is 6.07 Å². The van der Waals surface area contributed by atoms with Crippen LogP contribution in [0.2, 0.25) is 0 Å². The molecule has 0 aliphatic carbocycles. The van der Waals surface area contributed by atoms with Gasteiger partial charge in [0.2, 0.25) is 6.79 Å². The Bertz CT molecular complexity index is 808. The number of sulfonamides is 1. The van der Waals surface area contributed by atoms with Gasteiger partial charge in [-0.15, -0.1) is 0 Å². The Morgan fingerprint density at radius 2 is 1.76 bits per heavy atom. The van der Waals surface area contributed by atoms with Crippen LogP contribution in [0.4, 0.5) is 5.69 Å². The summed E-state index contributed by atoms with van der Waals surface area (Å²) >= 11 is 6.54. The van der Waals surface area contributed by atoms with Crippen molar-refractivity contribution in [3.63, 3.8) is 0 Å². The zero-order valence-corrected chi connectivity index (χ0v) is 14.5. The van der Waals surface area contributed by atoms with Gasteiger partial charge in [0.05, 0.1) is 5.69 Å². The SMILES string of the molecule is O=S(=O)(Nc1ccc2c(c1)OCO2)c1ccc(Br)cc1Br. The number of hydrogen-bond donors (Lipinski definition) is 1. The first-order chi connectivity index (χ1) is 9.95. The van der Waals surface area contributed by atoms with E-state index in [4.69, 9.17) is 9.47 Å². The monoisotopic (exact) mass is 433 g/mol. The molecule has 0 amide bonds. The third-order valence-electron chi connectivity index (χ3n) is 2.81. The molecule has 1 heterocycles. The van der Waals surface area contributed by atoms with E-state index in [1.807, 2.05) is 0 Å². The number of benzene rings is 2. The molecule has 0 saturated heterocycles. The average Bonchev–Trinajstić information content (AvgIpc) is 2.85. The smallest absolute Gasteiger partial charge is 0.263 e. The second-order valence-electron chi connectivity index (χ2n) is 4.25. The van der Waals surface area contributed by atoms with E-state index in [-0.39, 0.29) is 11.7 Å². The minimum atomic E-state index is -3.69. The van der Waals surface area contributed by atoms with Crippen molar-refractivity contribution in [3.05, 3.63) is 45.3 Å². The van der Waals surface area contributed by atoms with Crippen LogP contribution in [0.5, 0.6) is 11.5 Å². The first-order valence-corrected chi connectivity index (χ1v) is 8.90. The van der Waals surface area contributed by atoms with Crippen LogP contribution in [-0.4, -0.2) is 15.2 Å². The molecule has 0 fully saturated rings. The number of rotatable bonds is 3. The molecular weight excluding hydrogens is 426 g/mol. The van der Waals surface area contributed by atoms with Crippen molar-refractivity contribution < 1.29 is 17.9 Å². The molecule has 1 aliphatic rings. The minimum absolute atomic E-state index is 0.143. The highest BCUT2D eigenvalue weighted by atomic mass is 79.9. The van der Waals surface area contributed by atoms with E-state index in [1.54, 1.807) is 30.3 Å². The molecule has 5 nitrogen and oxygen atoms in total. The second kappa shape index (κ2) is 5.51. The topological polar surface area (TPSA) is 64.6 Å². The largest absolute Gasteiger partial charge is 0.454 e. The summed E-state index contributed by atoms with van der Waals surface area (Å²) in [4.78, 5) is 0.156. The molecule has 8 heteroatoms. The minimum Gasteiger partial charge on any atom is -0.454 e. The molecular formula is C13H9Br2NO4S. The summed E-state index contributed by atoms with van der Waals surface area (Å²) in [5.74, 6) is 1.12. The van der Waals surface area contributed by atoms with Crippen LogP contribution in [0.15, 0.2) is 50.2 Å². The Labute approximate surface area is 138 Å². The van der Waals surface area contributed by atoms with Gasteiger partial charge in [0, 0.05) is 15.0 Å². The van der Waals surface area contributed by atoms with Crippen LogP contribution in [0.1, 0.15) is 0 Å². The van der Waals surface area contributed by atoms with Gasteiger partial charge in [0.1, 0.15) is 4.90 Å². The lowest BCUT2D eigenvalue weighted by atomic mass is 10.3. The Morgan fingerprint density at radius 1 is 1.00 bits per heavy atom. The molecule has 21 heavy (non-hydrogen) atoms. The molecule has 1 aliphatic heterocycles. The molecule has 0 bridgehead atoms. The highest BCUT2D eigenvalue weighted by Gasteiger charge is 2.20. The molecule has 0 aromatic heterocycles. The molecule has 0 spiro atoms. The predicted molar refractivity (Wildman–Crippen MR) is 85.2 cm³/mol. The fourth-order valence-corrected chi connectivity index (χ4v) is 4.66. The number of hydrogen-bond acceptors (Lipinski definition) is 4. The molecule has 110 valence electrons. The van der Waals surface area contributed by atoms with Crippen LogP contribution in [-0.2, 0) is 10.0 Å². The molecule has 0 unspecified atom stereocenters. The summed E-state index contributed by atoms with van der Waals surface area (Å²) in [6, 6.07) is 9.73. The molecule has 2 aromatic carbocycles. The quantitative estimate of drug-likeness (QED) is 0.799. The summed E-state index contributed by atoms with van der Waals surface area (Å²) in [5.41, 5.74) is 0.411. The van der Waals surface area contributed by atoms with Crippen LogP contribution in [0, 0.1) is 0 Å². The number of nitrogens with one attached hydrogen (secondary N) is 1. The normalized spacial score (nSPS) is 13.2. The Hall–Kier alpha value is -1.25. The number of halogens is 2. The van der Waals surface area contributed by atoms with E-state index in [0.29, 0.717) is 21.7 Å². The molecule has 0 atom stereocenters. The summed E-state index contributed by atoms with van der Waals surface area (Å²) < 4.78 is 39.0. The summed E-state index contributed by atoms with van der Waals surface area (Å²) in [5, 5.41) is 0. The van der Waals surface area contributed by atoms with Crippen LogP contribution in [0.25, 0.3) is 0 Å². The molecule has 0 radical (unpaired) electrons. The van der Waals surface area contributed by atoms with Gasteiger partial charge in [-0.1, -0.05) is 15.9 Å². The van der Waals surface area contributed by atoms with Crippen LogP contribution >= 0.6 is 31.9 Å². The number of ether oxygens (including phenoxy) is 2. The van der Waals surface area contributed by atoms with Gasteiger partial charge in [0.25, 0.3) is 10.0 Å². The highest BCUT2D eigenvalue weighted by Crippen LogP contribution is 2.35. The third kappa shape index (κ3) is 3.02. The van der Waals surface area contributed by atoms with Crippen molar-refractivity contribution in [1.29, 1.82) is 0 Å². The Kier molecular flexibility index (Phi) is 3.85. The lowest BCUT2D eigenvalue weighted by Crippen LogP contribution is -2.13. The van der Waals surface area contributed by atoms with E-state index in [2.05, 4.69) is 36.6 Å². The van der Waals surface area contributed by atoms with Gasteiger partial charge in [-0.2, -0.15) is 0 Å². The zero-order valence-electron chi connectivity index (χ0n) is 10.5. The highest BCUT2D eigenvalue weighted by molar-refractivity contribution is 9.11. The van der Waals surface area contributed by atoms with Crippen molar-refractivity contribution in [3.8, 4) is 11.5 Å². The lowest BCUT2D eigenvalue weighted by molar-refractivity contribution is 0.174. The summed E-state index contributed by atoms with van der Waals surface area (Å²) in [6.45, 7) is 0.143. The van der Waals surface area contributed by atoms with Gasteiger partial charge < -0.3 is 9.47 Å². The van der Waals surface area contributed by atoms with Crippen molar-refractivity contribution >= 4 is 47.6 Å². The number of fused-ring (bicyclic) bond motifs is 1. The average molecular weight is 435 g/mol. The zero-order chi connectivity index (χ0) is 15.0. The second-order valence-corrected chi connectivity index (χ2v) is 7.67. The van der Waals surface area contributed by atoms with Crippen molar-refractivity contribution in [2.75, 3.05) is 11.5 Å². The van der Waals surface area contributed by atoms with Crippen LogP contribution < -0.4 is 14.2 Å². The van der Waals surface area contributed by atoms with E-state index in [0.717, 1.165) is 4.47 Å². The first kappa shape index (κ1) is 14.7. The predicted octanol–water partition coefficient (Wildman–Crippen LogP) is 3.74. The van der Waals surface area contributed by atoms with E-state index >= 15 is 0 Å². The number of anilines is 1. The summed E-state index contributed by atoms with van der Waals surface area (Å²) in [7, 11) is -3.69. The standard InChI is InChI=1S/C13H9Br2NO4S/c14-8-1-4-13(10(15)5-8)21(17,18)16-9-2-3-11-12(6-9)20-7-19-11/h1-6,16H,7H2. The maximum atomic E-state index is 12.4. The van der Waals surface area contributed by atoms with Gasteiger partial charge in [0.15, 0.2) is 11.5 Å². The van der Waals surface area contributed by atoms with E-state index < -0.39 is 10.0 Å². The summed E-state index contributed by atoms with van der Waals surface area (Å²) in [6.07, 6.45) is 0. The first-order valence-electron chi connectivity index (χ1n) is 5.83. The Morgan fingerprint density at radius 3 is 2.52 bits per heavy atom. The van der Waals surface area contributed by atoms with Crippen molar-refractivity contribution in [1.82, 2.24) is 0 Å². The fraction of sp³-hybridized carbons (Fsp3) is 0.0769. The Balaban J connectivity index is 1.92. The van der Waals surface area contributed by atoms with Crippen molar-refractivity contribution in [2.24, 2.45) is 0 Å². The molecule has 2 aromatic rings. The van der Waals surface area contributed by atoms with Crippen LogP contribution in [0.3, 0.4) is 0 Å². The maximum Gasteiger partial charge on any atom is 0.263 e.